The lowest BCUT2D eigenvalue weighted by Crippen LogP contribution is -2.31. The van der Waals surface area contributed by atoms with Crippen molar-refractivity contribution in [3.63, 3.8) is 0 Å². The van der Waals surface area contributed by atoms with E-state index < -0.39 is 61.7 Å². The summed E-state index contributed by atoms with van der Waals surface area (Å²) in [6, 6.07) is 6.02. The third-order valence-electron chi connectivity index (χ3n) is 4.23. The van der Waals surface area contributed by atoms with E-state index >= 15 is 0 Å². The van der Waals surface area contributed by atoms with Gasteiger partial charge in [-0.05, 0) is 6.07 Å². The molecule has 2 aromatic carbocycles. The van der Waals surface area contributed by atoms with Gasteiger partial charge in [-0.2, -0.15) is 5.26 Å². The van der Waals surface area contributed by atoms with E-state index in [1.165, 1.54) is 18.2 Å². The molecule has 3 unspecified atom stereocenters. The molecule has 0 amide bonds. The van der Waals surface area contributed by atoms with Crippen molar-refractivity contribution in [1.29, 1.82) is 5.26 Å². The monoisotopic (exact) mass is 387 g/mol. The fourth-order valence-electron chi connectivity index (χ4n) is 2.99. The summed E-state index contributed by atoms with van der Waals surface area (Å²) in [4.78, 5) is -0.369. The Bertz CT molecular complexity index is 1040. The molecule has 0 bridgehead atoms. The van der Waals surface area contributed by atoms with Gasteiger partial charge in [0.15, 0.2) is 33.1 Å². The van der Waals surface area contributed by atoms with E-state index in [1.54, 1.807) is 0 Å². The second kappa shape index (κ2) is 6.05. The Kier molecular flexibility index (Phi) is 4.26. The first kappa shape index (κ1) is 18.3. The summed E-state index contributed by atoms with van der Waals surface area (Å²) >= 11 is 0. The standard InChI is InChI=1S/C16H9F4NO4S/c17-10-7(5-21)11(18)13(20)9(12(10)19)15(23)16-14(22)6-3-1-2-4-8(6)26(16,24)25/h1-4,14-16,22-23H. The summed E-state index contributed by atoms with van der Waals surface area (Å²) in [5.41, 5.74) is -3.28. The van der Waals surface area contributed by atoms with Crippen molar-refractivity contribution in [3.05, 3.63) is 64.2 Å². The highest BCUT2D eigenvalue weighted by molar-refractivity contribution is 7.92. The van der Waals surface area contributed by atoms with Crippen molar-refractivity contribution in [3.8, 4) is 6.07 Å². The van der Waals surface area contributed by atoms with Crippen molar-refractivity contribution in [2.45, 2.75) is 22.4 Å². The van der Waals surface area contributed by atoms with Crippen LogP contribution in [0.1, 0.15) is 28.9 Å². The molecule has 2 N–H and O–H groups in total. The predicted octanol–water partition coefficient (Wildman–Crippen LogP) is 2.04. The molecule has 3 rings (SSSR count). The molecule has 0 aliphatic carbocycles. The quantitative estimate of drug-likeness (QED) is 0.607. The molecule has 0 spiro atoms. The van der Waals surface area contributed by atoms with Crippen molar-refractivity contribution in [1.82, 2.24) is 0 Å². The molecule has 136 valence electrons. The molecule has 5 nitrogen and oxygen atoms in total. The van der Waals surface area contributed by atoms with Crippen LogP contribution < -0.4 is 0 Å². The van der Waals surface area contributed by atoms with Gasteiger partial charge >= 0.3 is 0 Å². The summed E-state index contributed by atoms with van der Waals surface area (Å²) in [7, 11) is -4.46. The molecule has 0 saturated heterocycles. The van der Waals surface area contributed by atoms with Gasteiger partial charge in [-0.1, -0.05) is 18.2 Å². The van der Waals surface area contributed by atoms with Gasteiger partial charge in [0.05, 0.1) is 10.5 Å². The van der Waals surface area contributed by atoms with E-state index in [0.717, 1.165) is 12.1 Å². The fraction of sp³-hybridized carbons (Fsp3) is 0.188. The van der Waals surface area contributed by atoms with Crippen LogP contribution in [0.5, 0.6) is 0 Å². The molecule has 10 heteroatoms. The molecule has 0 aromatic heterocycles. The van der Waals surface area contributed by atoms with Gasteiger partial charge in [0, 0.05) is 5.56 Å². The number of halogens is 4. The van der Waals surface area contributed by atoms with Crippen LogP contribution in [0.15, 0.2) is 29.2 Å². The molecule has 1 aliphatic heterocycles. The minimum absolute atomic E-state index is 0.119. The zero-order valence-electron chi connectivity index (χ0n) is 12.6. The number of rotatable bonds is 2. The van der Waals surface area contributed by atoms with E-state index in [9.17, 15) is 36.2 Å². The van der Waals surface area contributed by atoms with Gasteiger partial charge in [0.25, 0.3) is 0 Å². The molecule has 0 radical (unpaired) electrons. The van der Waals surface area contributed by atoms with Crippen LogP contribution in [0.4, 0.5) is 17.6 Å². The lowest BCUT2D eigenvalue weighted by molar-refractivity contribution is 0.0831. The highest BCUT2D eigenvalue weighted by Gasteiger charge is 2.50. The zero-order chi connectivity index (χ0) is 19.4. The van der Waals surface area contributed by atoms with Crippen molar-refractivity contribution in [2.24, 2.45) is 0 Å². The first-order chi connectivity index (χ1) is 12.1. The second-order valence-corrected chi connectivity index (χ2v) is 7.67. The van der Waals surface area contributed by atoms with Gasteiger partial charge in [0.1, 0.15) is 29.1 Å². The highest BCUT2D eigenvalue weighted by atomic mass is 32.2. The van der Waals surface area contributed by atoms with Crippen LogP contribution in [-0.2, 0) is 9.84 Å². The minimum Gasteiger partial charge on any atom is -0.387 e. The molecule has 1 heterocycles. The molecule has 0 saturated carbocycles. The fourth-order valence-corrected chi connectivity index (χ4v) is 5.03. The average molecular weight is 387 g/mol. The Labute approximate surface area is 144 Å². The van der Waals surface area contributed by atoms with Gasteiger partial charge in [-0.3, -0.25) is 0 Å². The maximum atomic E-state index is 14.1. The number of aliphatic hydroxyl groups excluding tert-OH is 2. The summed E-state index contributed by atoms with van der Waals surface area (Å²) in [6.07, 6.45) is -4.51. The summed E-state index contributed by atoms with van der Waals surface area (Å²) in [5.74, 6) is -8.34. The number of sulfone groups is 1. The second-order valence-electron chi connectivity index (χ2n) is 5.59. The third-order valence-corrected chi connectivity index (χ3v) is 6.45. The van der Waals surface area contributed by atoms with Crippen LogP contribution >= 0.6 is 0 Å². The first-order valence-corrected chi connectivity index (χ1v) is 8.64. The summed E-state index contributed by atoms with van der Waals surface area (Å²) in [6.45, 7) is 0. The van der Waals surface area contributed by atoms with Gasteiger partial charge in [-0.25, -0.2) is 26.0 Å². The lowest BCUT2D eigenvalue weighted by atomic mass is 9.96. The number of aliphatic hydroxyl groups is 2. The molecule has 1 aliphatic rings. The molecular formula is C16H9F4NO4S. The minimum atomic E-state index is -4.46. The Hall–Kier alpha value is -2.48. The lowest BCUT2D eigenvalue weighted by Gasteiger charge is -2.22. The third kappa shape index (κ3) is 2.32. The van der Waals surface area contributed by atoms with Gasteiger partial charge in [-0.15, -0.1) is 0 Å². The number of nitriles is 1. The molecule has 3 atom stereocenters. The normalized spacial score (nSPS) is 21.9. The van der Waals surface area contributed by atoms with Crippen LogP contribution in [0.2, 0.25) is 0 Å². The molecule has 0 fully saturated rings. The number of fused-ring (bicyclic) bond motifs is 1. The van der Waals surface area contributed by atoms with Crippen LogP contribution in [0.3, 0.4) is 0 Å². The maximum Gasteiger partial charge on any atom is 0.187 e. The number of benzene rings is 2. The maximum absolute atomic E-state index is 14.1. The van der Waals surface area contributed by atoms with Crippen LogP contribution in [-0.4, -0.2) is 23.9 Å². The Morgan fingerprint density at radius 3 is 2.08 bits per heavy atom. The van der Waals surface area contributed by atoms with E-state index in [-0.39, 0.29) is 10.5 Å². The number of nitrogens with zero attached hydrogens (tertiary/aromatic N) is 1. The molecule has 2 aromatic rings. The first-order valence-electron chi connectivity index (χ1n) is 7.09. The summed E-state index contributed by atoms with van der Waals surface area (Å²) < 4.78 is 80.9. The number of hydrogen-bond acceptors (Lipinski definition) is 5. The highest BCUT2D eigenvalue weighted by Crippen LogP contribution is 2.45. The largest absolute Gasteiger partial charge is 0.387 e. The van der Waals surface area contributed by atoms with E-state index in [1.807, 2.05) is 0 Å². The van der Waals surface area contributed by atoms with Crippen LogP contribution in [0, 0.1) is 34.6 Å². The average Bonchev–Trinajstić information content (AvgIpc) is 2.80. The van der Waals surface area contributed by atoms with E-state index in [0.29, 0.717) is 0 Å². The van der Waals surface area contributed by atoms with Crippen molar-refractivity contribution < 1.29 is 36.2 Å². The Morgan fingerprint density at radius 1 is 1.04 bits per heavy atom. The predicted molar refractivity (Wildman–Crippen MR) is 78.3 cm³/mol. The SMILES string of the molecule is N#Cc1c(F)c(F)c(C(O)C2C(O)c3ccccc3S2(=O)=O)c(F)c1F. The topological polar surface area (TPSA) is 98.4 Å². The number of hydrogen-bond donors (Lipinski definition) is 2. The van der Waals surface area contributed by atoms with Gasteiger partial charge in [0.2, 0.25) is 0 Å². The summed E-state index contributed by atoms with van der Waals surface area (Å²) in [5, 5.41) is 26.8. The molecule has 26 heavy (non-hydrogen) atoms. The Balaban J connectivity index is 2.22. The van der Waals surface area contributed by atoms with Crippen LogP contribution in [0.25, 0.3) is 0 Å². The zero-order valence-corrected chi connectivity index (χ0v) is 13.4. The van der Waals surface area contributed by atoms with Crippen molar-refractivity contribution >= 4 is 9.84 Å². The van der Waals surface area contributed by atoms with Crippen molar-refractivity contribution in [2.75, 3.05) is 0 Å². The van der Waals surface area contributed by atoms with Gasteiger partial charge < -0.3 is 10.2 Å². The smallest absolute Gasteiger partial charge is 0.187 e. The molecular weight excluding hydrogens is 378 g/mol. The van der Waals surface area contributed by atoms with E-state index in [2.05, 4.69) is 0 Å². The van der Waals surface area contributed by atoms with E-state index in [4.69, 9.17) is 5.26 Å². The Morgan fingerprint density at radius 2 is 1.58 bits per heavy atom.